The van der Waals surface area contributed by atoms with Crippen LogP contribution >= 0.6 is 11.6 Å². The number of anilines is 1. The minimum absolute atomic E-state index is 0.00334. The van der Waals surface area contributed by atoms with E-state index in [1.807, 2.05) is 47.4 Å². The quantitative estimate of drug-likeness (QED) is 0.631. The molecule has 4 rings (SSSR count). The van der Waals surface area contributed by atoms with Crippen LogP contribution < -0.4 is 4.90 Å². The zero-order valence-corrected chi connectivity index (χ0v) is 16.6. The van der Waals surface area contributed by atoms with Crippen molar-refractivity contribution in [1.82, 2.24) is 14.9 Å². The van der Waals surface area contributed by atoms with Gasteiger partial charge in [0.2, 0.25) is 5.91 Å². The summed E-state index contributed by atoms with van der Waals surface area (Å²) in [5.74, 6) is 0.870. The van der Waals surface area contributed by atoms with Gasteiger partial charge in [0.15, 0.2) is 5.82 Å². The Balaban J connectivity index is 1.72. The summed E-state index contributed by atoms with van der Waals surface area (Å²) in [6.07, 6.45) is 0.873. The molecule has 1 atom stereocenters. The fourth-order valence-electron chi connectivity index (χ4n) is 3.60. The molecule has 0 N–H and O–H groups in total. The highest BCUT2D eigenvalue weighted by molar-refractivity contribution is 6.30. The fourth-order valence-corrected chi connectivity index (χ4v) is 3.74. The van der Waals surface area contributed by atoms with E-state index in [1.54, 1.807) is 6.92 Å². The van der Waals surface area contributed by atoms with Gasteiger partial charge >= 0.3 is 0 Å². The highest BCUT2D eigenvalue weighted by atomic mass is 35.5. The largest absolute Gasteiger partial charge is 0.353 e. The number of benzene rings is 2. The van der Waals surface area contributed by atoms with E-state index in [1.165, 1.54) is 0 Å². The zero-order chi connectivity index (χ0) is 19.5. The Morgan fingerprint density at radius 2 is 1.61 bits per heavy atom. The molecule has 28 heavy (non-hydrogen) atoms. The molecule has 0 bridgehead atoms. The third kappa shape index (κ3) is 3.80. The third-order valence-corrected chi connectivity index (χ3v) is 5.23. The van der Waals surface area contributed by atoms with Gasteiger partial charge in [0.1, 0.15) is 11.1 Å². The molecule has 0 saturated carbocycles. The summed E-state index contributed by atoms with van der Waals surface area (Å²) in [5, 5.41) is -0.494. The van der Waals surface area contributed by atoms with E-state index < -0.39 is 5.38 Å². The number of hydrogen-bond donors (Lipinski definition) is 0. The number of aromatic nitrogens is 2. The Bertz CT molecular complexity index is 977. The number of carbonyl (C=O) groups is 1. The second kappa shape index (κ2) is 8.15. The lowest BCUT2D eigenvalue weighted by atomic mass is 10.1. The van der Waals surface area contributed by atoms with Crippen LogP contribution in [0.3, 0.4) is 0 Å². The smallest absolute Gasteiger partial charge is 0.240 e. The lowest BCUT2D eigenvalue weighted by Crippen LogP contribution is -2.38. The maximum atomic E-state index is 12.3. The molecule has 1 aliphatic rings. The van der Waals surface area contributed by atoms with Gasteiger partial charge in [-0.2, -0.15) is 0 Å². The minimum Gasteiger partial charge on any atom is -0.353 e. The summed E-state index contributed by atoms with van der Waals surface area (Å²) < 4.78 is 0. The van der Waals surface area contributed by atoms with E-state index in [0.29, 0.717) is 19.6 Å². The molecule has 2 heterocycles. The lowest BCUT2D eigenvalue weighted by molar-refractivity contribution is -0.130. The molecule has 1 aromatic heterocycles. The standard InChI is InChI=1S/C22H23ClN4O/c1-16(23)22(28)27-13-7-12-26(14-15-27)21-20(17-8-3-2-4-9-17)24-18-10-5-6-11-19(18)25-21/h2-6,8-11,16H,7,12-15H2,1H3. The van der Waals surface area contributed by atoms with Crippen molar-refractivity contribution in [3.63, 3.8) is 0 Å². The molecule has 6 heteroatoms. The van der Waals surface area contributed by atoms with Gasteiger partial charge in [-0.15, -0.1) is 11.6 Å². The zero-order valence-electron chi connectivity index (χ0n) is 15.9. The Labute approximate surface area is 170 Å². The highest BCUT2D eigenvalue weighted by Gasteiger charge is 2.24. The number of nitrogens with zero attached hydrogens (tertiary/aromatic N) is 4. The molecule has 1 fully saturated rings. The van der Waals surface area contributed by atoms with E-state index in [0.717, 1.165) is 41.1 Å². The maximum absolute atomic E-state index is 12.3. The first kappa shape index (κ1) is 18.7. The van der Waals surface area contributed by atoms with Crippen LogP contribution in [0.4, 0.5) is 5.82 Å². The Hall–Kier alpha value is -2.66. The average molecular weight is 395 g/mol. The predicted molar refractivity (Wildman–Crippen MR) is 114 cm³/mol. The van der Waals surface area contributed by atoms with Gasteiger partial charge < -0.3 is 9.80 Å². The van der Waals surface area contributed by atoms with Crippen molar-refractivity contribution in [2.45, 2.75) is 18.7 Å². The van der Waals surface area contributed by atoms with E-state index in [9.17, 15) is 4.79 Å². The number of hydrogen-bond acceptors (Lipinski definition) is 4. The summed E-state index contributed by atoms with van der Waals surface area (Å²) in [4.78, 5) is 26.3. The van der Waals surface area contributed by atoms with Crippen LogP contribution in [0.1, 0.15) is 13.3 Å². The number of carbonyl (C=O) groups excluding carboxylic acids is 1. The first-order chi connectivity index (χ1) is 13.6. The molecule has 5 nitrogen and oxygen atoms in total. The molecule has 0 aliphatic carbocycles. The molecule has 1 amide bonds. The summed E-state index contributed by atoms with van der Waals surface area (Å²) >= 11 is 6.01. The van der Waals surface area contributed by atoms with Gasteiger partial charge in [-0.3, -0.25) is 4.79 Å². The van der Waals surface area contributed by atoms with Crippen molar-refractivity contribution in [2.24, 2.45) is 0 Å². The van der Waals surface area contributed by atoms with Crippen LogP contribution in [-0.4, -0.2) is 52.3 Å². The number of para-hydroxylation sites is 2. The molecule has 0 spiro atoms. The van der Waals surface area contributed by atoms with Crippen LogP contribution in [0.2, 0.25) is 0 Å². The predicted octanol–water partition coefficient (Wildman–Crippen LogP) is 3.96. The van der Waals surface area contributed by atoms with Crippen molar-refractivity contribution in [3.8, 4) is 11.3 Å². The summed E-state index contributed by atoms with van der Waals surface area (Å²) in [6.45, 7) is 4.62. The Kier molecular flexibility index (Phi) is 5.44. The SMILES string of the molecule is CC(Cl)C(=O)N1CCCN(c2nc3ccccc3nc2-c2ccccc2)CC1. The maximum Gasteiger partial charge on any atom is 0.240 e. The van der Waals surface area contributed by atoms with Crippen molar-refractivity contribution in [3.05, 3.63) is 54.6 Å². The van der Waals surface area contributed by atoms with Crippen molar-refractivity contribution >= 4 is 34.4 Å². The van der Waals surface area contributed by atoms with Gasteiger partial charge in [0.25, 0.3) is 0 Å². The highest BCUT2D eigenvalue weighted by Crippen LogP contribution is 2.30. The van der Waals surface area contributed by atoms with Crippen LogP contribution in [0.15, 0.2) is 54.6 Å². The summed E-state index contributed by atoms with van der Waals surface area (Å²) in [7, 11) is 0. The van der Waals surface area contributed by atoms with Crippen LogP contribution in [-0.2, 0) is 4.79 Å². The first-order valence-electron chi connectivity index (χ1n) is 9.63. The van der Waals surface area contributed by atoms with Gasteiger partial charge in [0.05, 0.1) is 11.0 Å². The van der Waals surface area contributed by atoms with Gasteiger partial charge in [-0.05, 0) is 25.5 Å². The van der Waals surface area contributed by atoms with E-state index in [4.69, 9.17) is 21.6 Å². The van der Waals surface area contributed by atoms with Crippen LogP contribution in [0.5, 0.6) is 0 Å². The lowest BCUT2D eigenvalue weighted by Gasteiger charge is -2.25. The molecule has 1 saturated heterocycles. The molecule has 0 radical (unpaired) electrons. The van der Waals surface area contributed by atoms with Crippen molar-refractivity contribution in [2.75, 3.05) is 31.1 Å². The monoisotopic (exact) mass is 394 g/mol. The minimum atomic E-state index is -0.494. The van der Waals surface area contributed by atoms with Crippen molar-refractivity contribution in [1.29, 1.82) is 0 Å². The second-order valence-electron chi connectivity index (χ2n) is 7.03. The van der Waals surface area contributed by atoms with E-state index in [-0.39, 0.29) is 5.91 Å². The topological polar surface area (TPSA) is 49.3 Å². The number of fused-ring (bicyclic) bond motifs is 1. The van der Waals surface area contributed by atoms with E-state index >= 15 is 0 Å². The van der Waals surface area contributed by atoms with Crippen molar-refractivity contribution < 1.29 is 4.79 Å². The molecule has 144 valence electrons. The molecule has 2 aromatic carbocycles. The second-order valence-corrected chi connectivity index (χ2v) is 7.69. The molecule has 3 aromatic rings. The molecule has 1 unspecified atom stereocenters. The summed E-state index contributed by atoms with van der Waals surface area (Å²) in [6, 6.07) is 18.1. The van der Waals surface area contributed by atoms with Gasteiger partial charge in [-0.25, -0.2) is 9.97 Å². The number of halogens is 1. The van der Waals surface area contributed by atoms with Crippen LogP contribution in [0.25, 0.3) is 22.3 Å². The van der Waals surface area contributed by atoms with Crippen LogP contribution in [0, 0.1) is 0 Å². The van der Waals surface area contributed by atoms with Gasteiger partial charge in [-0.1, -0.05) is 42.5 Å². The molecular weight excluding hydrogens is 372 g/mol. The Morgan fingerprint density at radius 3 is 2.32 bits per heavy atom. The number of alkyl halides is 1. The Morgan fingerprint density at radius 1 is 0.929 bits per heavy atom. The molecule has 1 aliphatic heterocycles. The fraction of sp³-hybridized carbons (Fsp3) is 0.318. The van der Waals surface area contributed by atoms with E-state index in [2.05, 4.69) is 17.0 Å². The third-order valence-electron chi connectivity index (χ3n) is 5.05. The van der Waals surface area contributed by atoms with Gasteiger partial charge in [0, 0.05) is 31.7 Å². The normalized spacial score (nSPS) is 16.1. The molecular formula is C22H23ClN4O. The first-order valence-corrected chi connectivity index (χ1v) is 10.1. The number of amides is 1. The number of rotatable bonds is 3. The average Bonchev–Trinajstić information content (AvgIpc) is 2.99. The summed E-state index contributed by atoms with van der Waals surface area (Å²) in [5.41, 5.74) is 3.68.